The monoisotopic (exact) mass is 416 g/mol. The summed E-state index contributed by atoms with van der Waals surface area (Å²) in [5, 5.41) is 8.71. The molecule has 1 aliphatic heterocycles. The topological polar surface area (TPSA) is 76.0 Å². The van der Waals surface area contributed by atoms with E-state index < -0.39 is 28.9 Å². The van der Waals surface area contributed by atoms with Gasteiger partial charge in [-0.25, -0.2) is 22.6 Å². The van der Waals surface area contributed by atoms with E-state index in [4.69, 9.17) is 0 Å². The van der Waals surface area contributed by atoms with Gasteiger partial charge in [0.25, 0.3) is 11.5 Å². The van der Waals surface area contributed by atoms with Crippen molar-refractivity contribution in [3.8, 4) is 11.8 Å². The molecule has 1 atom stereocenters. The zero-order valence-electron chi connectivity index (χ0n) is 16.4. The fourth-order valence-corrected chi connectivity index (χ4v) is 3.36. The van der Waals surface area contributed by atoms with Crippen LogP contribution in [0.2, 0.25) is 0 Å². The zero-order valence-corrected chi connectivity index (χ0v) is 16.4. The van der Waals surface area contributed by atoms with E-state index in [1.165, 1.54) is 18.2 Å². The first-order valence-corrected chi connectivity index (χ1v) is 9.46. The van der Waals surface area contributed by atoms with Crippen LogP contribution in [0.5, 0.6) is 0 Å². The molecule has 2 heterocycles. The van der Waals surface area contributed by atoms with Crippen LogP contribution < -0.4 is 16.2 Å². The van der Waals surface area contributed by atoms with E-state index in [0.717, 1.165) is 23.6 Å². The molecule has 2 aromatic rings. The van der Waals surface area contributed by atoms with Gasteiger partial charge in [0.1, 0.15) is 5.82 Å². The predicted molar refractivity (Wildman–Crippen MR) is 104 cm³/mol. The van der Waals surface area contributed by atoms with Crippen molar-refractivity contribution in [2.24, 2.45) is 5.92 Å². The number of fused-ring (bicyclic) bond motifs is 1. The maximum absolute atomic E-state index is 15.0. The molecular formula is C21H19F3N4O2. The number of aromatic nitrogens is 2. The maximum atomic E-state index is 15.0. The number of nitrogens with one attached hydrogen (secondary N) is 2. The van der Waals surface area contributed by atoms with Gasteiger partial charge < -0.3 is 10.6 Å². The lowest BCUT2D eigenvalue weighted by molar-refractivity contribution is -0.0465. The molecule has 2 amide bonds. The van der Waals surface area contributed by atoms with E-state index in [0.29, 0.717) is 12.6 Å². The molecule has 1 aromatic carbocycles. The van der Waals surface area contributed by atoms with Gasteiger partial charge in [0.15, 0.2) is 5.54 Å². The summed E-state index contributed by atoms with van der Waals surface area (Å²) in [6, 6.07) is 4.17. The molecule has 2 aliphatic rings. The van der Waals surface area contributed by atoms with Crippen LogP contribution >= 0.6 is 0 Å². The van der Waals surface area contributed by atoms with Gasteiger partial charge >= 0.3 is 6.03 Å². The molecular weight excluding hydrogens is 397 g/mol. The highest BCUT2D eigenvalue weighted by Gasteiger charge is 2.55. The number of aryl methyl sites for hydroxylation is 1. The SMILES string of the molecule is Cc1ccc(=O)n(Cc2cc3c(cc2F)[C@@](C#CC2CC2)(C(C)(F)F)NC(=O)N3)n1. The average Bonchev–Trinajstić information content (AvgIpc) is 3.47. The lowest BCUT2D eigenvalue weighted by atomic mass is 9.81. The number of anilines is 1. The molecule has 2 N–H and O–H groups in total. The second-order valence-electron chi connectivity index (χ2n) is 7.72. The van der Waals surface area contributed by atoms with Crippen LogP contribution in [0.15, 0.2) is 29.1 Å². The quantitative estimate of drug-likeness (QED) is 0.755. The first kappa shape index (κ1) is 20.0. The second kappa shape index (κ2) is 6.90. The first-order valence-electron chi connectivity index (χ1n) is 9.46. The molecule has 1 aliphatic carbocycles. The predicted octanol–water partition coefficient (Wildman–Crippen LogP) is 3.14. The summed E-state index contributed by atoms with van der Waals surface area (Å²) in [5.74, 6) is 1.02. The average molecular weight is 416 g/mol. The third-order valence-corrected chi connectivity index (χ3v) is 5.16. The number of alkyl halides is 2. The molecule has 1 aromatic heterocycles. The number of rotatable bonds is 3. The summed E-state index contributed by atoms with van der Waals surface area (Å²) in [6.45, 7) is 2.11. The van der Waals surface area contributed by atoms with E-state index in [2.05, 4.69) is 27.6 Å². The standard InChI is InChI=1S/C21H19F3N4O2/c1-12-3-6-18(29)28(27-12)11-14-9-17-15(10-16(14)22)21(20(2,23)24,26-19(30)25-17)8-7-13-4-5-13/h3,6,9-10,13H,4-5,11H2,1-2H3,(H2,25,26,30)/t21-/m0/s1. The molecule has 1 saturated carbocycles. The molecule has 156 valence electrons. The van der Waals surface area contributed by atoms with E-state index in [9.17, 15) is 22.8 Å². The number of halogens is 3. The summed E-state index contributed by atoms with van der Waals surface area (Å²) >= 11 is 0. The second-order valence-corrected chi connectivity index (χ2v) is 7.72. The highest BCUT2D eigenvalue weighted by Crippen LogP contribution is 2.44. The smallest absolute Gasteiger partial charge is 0.312 e. The van der Waals surface area contributed by atoms with Crippen molar-refractivity contribution in [2.45, 2.75) is 44.7 Å². The van der Waals surface area contributed by atoms with Crippen LogP contribution in [0.25, 0.3) is 0 Å². The van der Waals surface area contributed by atoms with Crippen molar-refractivity contribution in [3.63, 3.8) is 0 Å². The Balaban J connectivity index is 1.84. The van der Waals surface area contributed by atoms with E-state index in [-0.39, 0.29) is 29.3 Å². The third kappa shape index (κ3) is 3.54. The highest BCUT2D eigenvalue weighted by atomic mass is 19.3. The first-order chi connectivity index (χ1) is 14.1. The van der Waals surface area contributed by atoms with Crippen molar-refractivity contribution < 1.29 is 18.0 Å². The highest BCUT2D eigenvalue weighted by molar-refractivity contribution is 5.95. The van der Waals surface area contributed by atoms with Crippen LogP contribution in [-0.4, -0.2) is 21.7 Å². The Morgan fingerprint density at radius 3 is 2.70 bits per heavy atom. The lowest BCUT2D eigenvalue weighted by Gasteiger charge is -2.40. The normalized spacial score (nSPS) is 20.5. The minimum atomic E-state index is -3.48. The van der Waals surface area contributed by atoms with Gasteiger partial charge in [-0.15, -0.1) is 0 Å². The summed E-state index contributed by atoms with van der Waals surface area (Å²) in [4.78, 5) is 24.2. The van der Waals surface area contributed by atoms with Gasteiger partial charge in [-0.05, 0) is 38.0 Å². The molecule has 4 rings (SSSR count). The van der Waals surface area contributed by atoms with Crippen LogP contribution in [0, 0.1) is 30.5 Å². The van der Waals surface area contributed by atoms with Gasteiger partial charge in [0, 0.05) is 35.7 Å². The number of carbonyl (C=O) groups is 1. The molecule has 1 fully saturated rings. The van der Waals surface area contributed by atoms with Crippen molar-refractivity contribution >= 4 is 11.7 Å². The largest absolute Gasteiger partial charge is 0.320 e. The minimum Gasteiger partial charge on any atom is -0.312 e. The molecule has 30 heavy (non-hydrogen) atoms. The van der Waals surface area contributed by atoms with Gasteiger partial charge in [-0.3, -0.25) is 4.79 Å². The zero-order chi connectivity index (χ0) is 21.7. The number of carbonyl (C=O) groups excluding carboxylic acids is 1. The summed E-state index contributed by atoms with van der Waals surface area (Å²) < 4.78 is 45.5. The minimum absolute atomic E-state index is 0.00264. The Kier molecular flexibility index (Phi) is 4.60. The number of benzene rings is 1. The van der Waals surface area contributed by atoms with Crippen LogP contribution in [0.3, 0.4) is 0 Å². The Bertz CT molecular complexity index is 1160. The summed E-state index contributed by atoms with van der Waals surface area (Å²) in [7, 11) is 0. The summed E-state index contributed by atoms with van der Waals surface area (Å²) in [6.07, 6.45) is 1.62. The van der Waals surface area contributed by atoms with Gasteiger partial charge in [0.2, 0.25) is 0 Å². The van der Waals surface area contributed by atoms with Crippen molar-refractivity contribution in [3.05, 3.63) is 57.3 Å². The number of hydrogen-bond donors (Lipinski definition) is 2. The molecule has 0 spiro atoms. The molecule has 0 bridgehead atoms. The number of nitrogens with zero attached hydrogens (tertiary/aromatic N) is 2. The number of hydrogen-bond acceptors (Lipinski definition) is 3. The van der Waals surface area contributed by atoms with Crippen LogP contribution in [-0.2, 0) is 12.1 Å². The lowest BCUT2D eigenvalue weighted by Crippen LogP contribution is -2.59. The van der Waals surface area contributed by atoms with Crippen molar-refractivity contribution in [2.75, 3.05) is 5.32 Å². The molecule has 9 heteroatoms. The molecule has 6 nitrogen and oxygen atoms in total. The Labute approximate surface area is 170 Å². The maximum Gasteiger partial charge on any atom is 0.320 e. The fraction of sp³-hybridized carbons (Fsp3) is 0.381. The van der Waals surface area contributed by atoms with Crippen LogP contribution in [0.4, 0.5) is 23.7 Å². The van der Waals surface area contributed by atoms with Crippen molar-refractivity contribution in [1.82, 2.24) is 15.1 Å². The third-order valence-electron chi connectivity index (χ3n) is 5.16. The van der Waals surface area contributed by atoms with Gasteiger partial charge in [-0.2, -0.15) is 5.10 Å². The van der Waals surface area contributed by atoms with E-state index in [1.54, 1.807) is 6.92 Å². The molecule has 0 radical (unpaired) electrons. The number of urea groups is 1. The molecule has 0 saturated heterocycles. The van der Waals surface area contributed by atoms with Crippen molar-refractivity contribution in [1.29, 1.82) is 0 Å². The van der Waals surface area contributed by atoms with E-state index >= 15 is 0 Å². The van der Waals surface area contributed by atoms with Gasteiger partial charge in [0.05, 0.1) is 12.2 Å². The Hall–Kier alpha value is -3.28. The fourth-order valence-electron chi connectivity index (χ4n) is 3.36. The molecule has 0 unspecified atom stereocenters. The number of amides is 2. The van der Waals surface area contributed by atoms with Crippen LogP contribution in [0.1, 0.15) is 36.6 Å². The Morgan fingerprint density at radius 2 is 2.03 bits per heavy atom. The van der Waals surface area contributed by atoms with Gasteiger partial charge in [-0.1, -0.05) is 11.8 Å². The Morgan fingerprint density at radius 1 is 1.30 bits per heavy atom. The summed E-state index contributed by atoms with van der Waals surface area (Å²) in [5.41, 5.74) is -2.35. The van der Waals surface area contributed by atoms with E-state index in [1.807, 2.05) is 0 Å².